The van der Waals surface area contributed by atoms with Gasteiger partial charge in [-0.2, -0.15) is 0 Å². The number of hydrogen-bond donors (Lipinski definition) is 1. The van der Waals surface area contributed by atoms with Crippen LogP contribution in [0, 0.1) is 0 Å². The van der Waals surface area contributed by atoms with Gasteiger partial charge in [0.2, 0.25) is 0 Å². The highest BCUT2D eigenvalue weighted by Crippen LogP contribution is 2.30. The van der Waals surface area contributed by atoms with Crippen molar-refractivity contribution in [3.05, 3.63) is 77.9 Å². The third kappa shape index (κ3) is 3.80. The summed E-state index contributed by atoms with van der Waals surface area (Å²) in [5.41, 5.74) is 2.14. The second-order valence-corrected chi connectivity index (χ2v) is 7.22. The molecule has 0 aromatic heterocycles. The van der Waals surface area contributed by atoms with E-state index in [2.05, 4.69) is 24.1 Å². The summed E-state index contributed by atoms with van der Waals surface area (Å²) in [6.07, 6.45) is 1.52. The van der Waals surface area contributed by atoms with Crippen LogP contribution >= 0.6 is 0 Å². The molecule has 0 spiro atoms. The van der Waals surface area contributed by atoms with Crippen LogP contribution in [-0.4, -0.2) is 30.9 Å². The number of amides is 4. The molecule has 0 atom stereocenters. The Morgan fingerprint density at radius 2 is 1.55 bits per heavy atom. The fourth-order valence-corrected chi connectivity index (χ4v) is 3.82. The molecule has 0 bridgehead atoms. The lowest BCUT2D eigenvalue weighted by molar-refractivity contribution is -0.122. The Hall–Kier alpha value is -3.93. The van der Waals surface area contributed by atoms with Gasteiger partial charge in [0.1, 0.15) is 5.57 Å². The largest absolute Gasteiger partial charge is 0.372 e. The van der Waals surface area contributed by atoms with E-state index in [0.29, 0.717) is 11.3 Å². The number of imide groups is 2. The zero-order chi connectivity index (χ0) is 22.0. The summed E-state index contributed by atoms with van der Waals surface area (Å²) in [6, 6.07) is 19.8. The average Bonchev–Trinajstić information content (AvgIpc) is 2.78. The van der Waals surface area contributed by atoms with Gasteiger partial charge in [-0.1, -0.05) is 48.5 Å². The highest BCUT2D eigenvalue weighted by Gasteiger charge is 2.37. The van der Waals surface area contributed by atoms with E-state index in [1.54, 1.807) is 12.1 Å². The summed E-state index contributed by atoms with van der Waals surface area (Å²) in [6.45, 7) is 5.95. The Morgan fingerprint density at radius 1 is 0.871 bits per heavy atom. The minimum atomic E-state index is -0.750. The van der Waals surface area contributed by atoms with Crippen LogP contribution in [0.3, 0.4) is 0 Å². The molecule has 4 amide bonds. The van der Waals surface area contributed by atoms with Crippen LogP contribution < -0.4 is 15.1 Å². The van der Waals surface area contributed by atoms with E-state index in [-0.39, 0.29) is 5.57 Å². The molecule has 1 fully saturated rings. The van der Waals surface area contributed by atoms with Crippen LogP contribution in [0.25, 0.3) is 16.8 Å². The molecule has 4 rings (SSSR count). The first-order chi connectivity index (χ1) is 15.0. The average molecular weight is 413 g/mol. The van der Waals surface area contributed by atoms with Crippen molar-refractivity contribution in [2.24, 2.45) is 0 Å². The van der Waals surface area contributed by atoms with Crippen molar-refractivity contribution in [1.29, 1.82) is 0 Å². The molecule has 0 saturated carbocycles. The van der Waals surface area contributed by atoms with Crippen molar-refractivity contribution in [2.45, 2.75) is 13.8 Å². The molecular formula is C25H23N3O3. The van der Waals surface area contributed by atoms with Gasteiger partial charge in [-0.05, 0) is 49.1 Å². The van der Waals surface area contributed by atoms with Crippen molar-refractivity contribution in [2.75, 3.05) is 22.9 Å². The summed E-state index contributed by atoms with van der Waals surface area (Å²) < 4.78 is 0. The number of carbonyl (C=O) groups excluding carboxylic acids is 3. The van der Waals surface area contributed by atoms with Gasteiger partial charge >= 0.3 is 6.03 Å². The van der Waals surface area contributed by atoms with Crippen LogP contribution in [0.2, 0.25) is 0 Å². The van der Waals surface area contributed by atoms with E-state index in [0.717, 1.165) is 34.4 Å². The first-order valence-corrected chi connectivity index (χ1v) is 10.3. The van der Waals surface area contributed by atoms with Crippen LogP contribution in [0.5, 0.6) is 0 Å². The Morgan fingerprint density at radius 3 is 2.26 bits per heavy atom. The van der Waals surface area contributed by atoms with Gasteiger partial charge in [0.15, 0.2) is 0 Å². The molecule has 0 radical (unpaired) electrons. The third-order valence-corrected chi connectivity index (χ3v) is 5.44. The number of anilines is 2. The van der Waals surface area contributed by atoms with Crippen molar-refractivity contribution in [3.8, 4) is 0 Å². The summed E-state index contributed by atoms with van der Waals surface area (Å²) in [5, 5.41) is 3.95. The van der Waals surface area contributed by atoms with E-state index in [1.165, 1.54) is 6.08 Å². The number of barbiturate groups is 1. The number of carbonyl (C=O) groups is 3. The van der Waals surface area contributed by atoms with Gasteiger partial charge in [-0.25, -0.2) is 9.69 Å². The van der Waals surface area contributed by atoms with Gasteiger partial charge in [-0.15, -0.1) is 0 Å². The summed E-state index contributed by atoms with van der Waals surface area (Å²) in [7, 11) is 0. The molecule has 1 aliphatic heterocycles. The molecular weight excluding hydrogens is 390 g/mol. The predicted octanol–water partition coefficient (Wildman–Crippen LogP) is 4.35. The summed E-state index contributed by atoms with van der Waals surface area (Å²) in [5.74, 6) is -1.34. The van der Waals surface area contributed by atoms with E-state index in [4.69, 9.17) is 0 Å². The Balaban J connectivity index is 1.71. The van der Waals surface area contributed by atoms with Gasteiger partial charge < -0.3 is 4.90 Å². The molecule has 0 aliphatic carbocycles. The SMILES string of the molecule is CCN(CC)c1ccc(C=C2C(=O)NC(=O)N(c3cccc4ccccc34)C2=O)cc1. The number of urea groups is 1. The quantitative estimate of drug-likeness (QED) is 0.499. The molecule has 1 saturated heterocycles. The lowest BCUT2D eigenvalue weighted by Crippen LogP contribution is -2.54. The fraction of sp³-hybridized carbons (Fsp3) is 0.160. The lowest BCUT2D eigenvalue weighted by atomic mass is 10.0. The Kier molecular flexibility index (Phi) is 5.54. The number of hydrogen-bond acceptors (Lipinski definition) is 4. The second kappa shape index (κ2) is 8.44. The van der Waals surface area contributed by atoms with Crippen molar-refractivity contribution < 1.29 is 14.4 Å². The minimum absolute atomic E-state index is 0.0804. The maximum absolute atomic E-state index is 13.2. The number of nitrogens with zero attached hydrogens (tertiary/aromatic N) is 2. The van der Waals surface area contributed by atoms with Gasteiger partial charge in [0.05, 0.1) is 5.69 Å². The number of rotatable bonds is 5. The van der Waals surface area contributed by atoms with E-state index in [9.17, 15) is 14.4 Å². The zero-order valence-electron chi connectivity index (χ0n) is 17.5. The maximum Gasteiger partial charge on any atom is 0.335 e. The highest BCUT2D eigenvalue weighted by molar-refractivity contribution is 6.40. The molecule has 3 aromatic carbocycles. The first-order valence-electron chi connectivity index (χ1n) is 10.3. The second-order valence-electron chi connectivity index (χ2n) is 7.22. The lowest BCUT2D eigenvalue weighted by Gasteiger charge is -2.27. The summed E-state index contributed by atoms with van der Waals surface area (Å²) in [4.78, 5) is 41.5. The zero-order valence-corrected chi connectivity index (χ0v) is 17.5. The third-order valence-electron chi connectivity index (χ3n) is 5.44. The van der Waals surface area contributed by atoms with Crippen molar-refractivity contribution in [3.63, 3.8) is 0 Å². The first kappa shape index (κ1) is 20.3. The van der Waals surface area contributed by atoms with Gasteiger partial charge in [0, 0.05) is 24.2 Å². The van der Waals surface area contributed by atoms with E-state index in [1.807, 2.05) is 54.6 Å². The standard InChI is InChI=1S/C25H23N3O3/c1-3-27(4-2)19-14-12-17(13-15-19)16-21-23(29)26-25(31)28(24(21)30)22-11-7-9-18-8-5-6-10-20(18)22/h5-16H,3-4H2,1-2H3,(H,26,29,31). The van der Waals surface area contributed by atoms with E-state index >= 15 is 0 Å². The van der Waals surface area contributed by atoms with Crippen LogP contribution in [0.4, 0.5) is 16.2 Å². The van der Waals surface area contributed by atoms with E-state index < -0.39 is 17.8 Å². The van der Waals surface area contributed by atoms with Crippen LogP contribution in [0.1, 0.15) is 19.4 Å². The Labute approximate surface area is 180 Å². The molecule has 0 unspecified atom stereocenters. The number of fused-ring (bicyclic) bond motifs is 1. The minimum Gasteiger partial charge on any atom is -0.372 e. The fourth-order valence-electron chi connectivity index (χ4n) is 3.82. The topological polar surface area (TPSA) is 69.7 Å². The molecule has 1 aliphatic rings. The monoisotopic (exact) mass is 413 g/mol. The molecule has 3 aromatic rings. The Bertz CT molecular complexity index is 1190. The molecule has 1 heterocycles. The van der Waals surface area contributed by atoms with Gasteiger partial charge in [-0.3, -0.25) is 14.9 Å². The molecule has 31 heavy (non-hydrogen) atoms. The van der Waals surface area contributed by atoms with Gasteiger partial charge in [0.25, 0.3) is 11.8 Å². The highest BCUT2D eigenvalue weighted by atomic mass is 16.2. The smallest absolute Gasteiger partial charge is 0.335 e. The molecule has 1 N–H and O–H groups in total. The number of benzene rings is 3. The van der Waals surface area contributed by atoms with Crippen LogP contribution in [0.15, 0.2) is 72.3 Å². The van der Waals surface area contributed by atoms with Crippen LogP contribution in [-0.2, 0) is 9.59 Å². The molecule has 6 heteroatoms. The van der Waals surface area contributed by atoms with Crippen molar-refractivity contribution in [1.82, 2.24) is 5.32 Å². The maximum atomic E-state index is 13.2. The normalized spacial score (nSPS) is 15.5. The number of nitrogens with one attached hydrogen (secondary N) is 1. The summed E-state index contributed by atoms with van der Waals surface area (Å²) >= 11 is 0. The predicted molar refractivity (Wildman–Crippen MR) is 123 cm³/mol. The molecule has 6 nitrogen and oxygen atoms in total. The molecule has 156 valence electrons. The van der Waals surface area contributed by atoms with Crippen molar-refractivity contribution >= 4 is 46.1 Å².